The van der Waals surface area contributed by atoms with E-state index in [4.69, 9.17) is 25.8 Å². The Morgan fingerprint density at radius 2 is 1.93 bits per heavy atom. The lowest BCUT2D eigenvalue weighted by molar-refractivity contribution is -0.144. The molecule has 1 unspecified atom stereocenters. The first-order valence-electron chi connectivity index (χ1n) is 9.28. The first-order valence-corrected chi connectivity index (χ1v) is 9.66. The highest BCUT2D eigenvalue weighted by molar-refractivity contribution is 6.33. The van der Waals surface area contributed by atoms with Crippen LogP contribution in [0, 0.1) is 0 Å². The number of nitrogens with one attached hydrogen (secondary N) is 1. The van der Waals surface area contributed by atoms with Crippen LogP contribution in [0.3, 0.4) is 0 Å². The molecule has 0 spiro atoms. The van der Waals surface area contributed by atoms with E-state index in [9.17, 15) is 14.4 Å². The summed E-state index contributed by atoms with van der Waals surface area (Å²) in [5.41, 5.74) is 1.08. The summed E-state index contributed by atoms with van der Waals surface area (Å²) in [4.78, 5) is 39.5. The third-order valence-corrected chi connectivity index (χ3v) is 5.54. The van der Waals surface area contributed by atoms with Gasteiger partial charge in [0.15, 0.2) is 11.5 Å². The summed E-state index contributed by atoms with van der Waals surface area (Å²) in [7, 11) is 2.88. The fourth-order valence-corrected chi connectivity index (χ4v) is 4.00. The van der Waals surface area contributed by atoms with Gasteiger partial charge in [0.2, 0.25) is 18.0 Å². The van der Waals surface area contributed by atoms with Crippen molar-refractivity contribution in [2.45, 2.75) is 25.1 Å². The van der Waals surface area contributed by atoms with E-state index in [1.54, 1.807) is 36.4 Å². The normalized spacial score (nSPS) is 20.0. The number of cyclic esters (lactones) is 1. The van der Waals surface area contributed by atoms with Gasteiger partial charge in [-0.2, -0.15) is 0 Å². The summed E-state index contributed by atoms with van der Waals surface area (Å²) in [6.07, 6.45) is -0.562. The van der Waals surface area contributed by atoms with Crippen LogP contribution in [-0.2, 0) is 14.3 Å². The van der Waals surface area contributed by atoms with Crippen LogP contribution in [0.25, 0.3) is 0 Å². The van der Waals surface area contributed by atoms with Gasteiger partial charge in [-0.15, -0.1) is 0 Å². The largest absolute Gasteiger partial charge is 0.493 e. The van der Waals surface area contributed by atoms with Crippen LogP contribution in [-0.4, -0.2) is 42.9 Å². The minimum atomic E-state index is -1.02. The number of carbonyl (C=O) groups excluding carboxylic acids is 3. The number of para-hydroxylation sites is 1. The summed E-state index contributed by atoms with van der Waals surface area (Å²) in [5.74, 6) is -0.731. The lowest BCUT2D eigenvalue weighted by atomic mass is 10.1. The van der Waals surface area contributed by atoms with Crippen LogP contribution < -0.4 is 14.8 Å². The molecule has 0 bridgehead atoms. The van der Waals surface area contributed by atoms with Crippen molar-refractivity contribution in [2.75, 3.05) is 19.5 Å². The van der Waals surface area contributed by atoms with Gasteiger partial charge in [0.25, 0.3) is 0 Å². The Bertz CT molecular complexity index is 1040. The molecule has 0 saturated carbocycles. The number of anilines is 1. The second kappa shape index (κ2) is 7.87. The first-order chi connectivity index (χ1) is 14.5. The van der Waals surface area contributed by atoms with Crippen LogP contribution >= 0.6 is 11.6 Å². The van der Waals surface area contributed by atoms with Gasteiger partial charge in [0.05, 0.1) is 24.9 Å². The highest BCUT2D eigenvalue weighted by Crippen LogP contribution is 2.45. The van der Waals surface area contributed by atoms with Gasteiger partial charge < -0.3 is 19.5 Å². The number of hydrogen-bond acceptors (Lipinski definition) is 6. The Kier molecular flexibility index (Phi) is 5.26. The number of carbonyl (C=O) groups is 3. The Morgan fingerprint density at radius 1 is 1.17 bits per heavy atom. The van der Waals surface area contributed by atoms with Gasteiger partial charge in [0.1, 0.15) is 11.6 Å². The molecule has 8 nitrogen and oxygen atoms in total. The molecule has 1 fully saturated rings. The van der Waals surface area contributed by atoms with Gasteiger partial charge in [-0.1, -0.05) is 23.7 Å². The van der Waals surface area contributed by atoms with Crippen molar-refractivity contribution >= 4 is 35.1 Å². The van der Waals surface area contributed by atoms with E-state index in [0.29, 0.717) is 28.4 Å². The third kappa shape index (κ3) is 3.23. The molecule has 0 aromatic heterocycles. The molecule has 30 heavy (non-hydrogen) atoms. The molecule has 2 amide bonds. The molecule has 2 aliphatic heterocycles. The zero-order valence-corrected chi connectivity index (χ0v) is 17.1. The Morgan fingerprint density at radius 3 is 2.63 bits per heavy atom. The zero-order valence-electron chi connectivity index (χ0n) is 16.3. The fourth-order valence-electron chi connectivity index (χ4n) is 3.82. The number of amides is 2. The van der Waals surface area contributed by atoms with E-state index in [0.717, 1.165) is 0 Å². The predicted octanol–water partition coefficient (Wildman–Crippen LogP) is 3.16. The molecule has 1 saturated heterocycles. The molecular formula is C21H19ClN2O6. The van der Waals surface area contributed by atoms with Crippen molar-refractivity contribution in [3.8, 4) is 11.5 Å². The average Bonchev–Trinajstić information content (AvgIpc) is 3.28. The minimum Gasteiger partial charge on any atom is -0.493 e. The van der Waals surface area contributed by atoms with E-state index in [1.807, 2.05) is 0 Å². The van der Waals surface area contributed by atoms with E-state index >= 15 is 0 Å². The molecule has 2 atom stereocenters. The van der Waals surface area contributed by atoms with Gasteiger partial charge in [-0.25, -0.2) is 4.79 Å². The van der Waals surface area contributed by atoms with Gasteiger partial charge in [-0.05, 0) is 30.7 Å². The molecule has 0 radical (unpaired) electrons. The minimum absolute atomic E-state index is 0.164. The number of likely N-dealkylation sites (tertiary alicyclic amines) is 1. The second-order valence-electron chi connectivity index (χ2n) is 6.85. The number of benzene rings is 2. The van der Waals surface area contributed by atoms with Crippen LogP contribution in [0.2, 0.25) is 5.02 Å². The number of hydrogen-bond donors (Lipinski definition) is 1. The smallest absolute Gasteiger partial charge is 0.344 e. The maximum atomic E-state index is 12.9. The quantitative estimate of drug-likeness (QED) is 0.732. The van der Waals surface area contributed by atoms with E-state index in [1.165, 1.54) is 19.1 Å². The molecular weight excluding hydrogens is 412 g/mol. The fraction of sp³-hybridized carbons (Fsp3) is 0.286. The molecule has 2 aromatic rings. The van der Waals surface area contributed by atoms with Gasteiger partial charge in [-0.3, -0.25) is 14.5 Å². The van der Waals surface area contributed by atoms with Gasteiger partial charge in [0, 0.05) is 12.0 Å². The summed E-state index contributed by atoms with van der Waals surface area (Å²) in [6, 6.07) is 9.28. The van der Waals surface area contributed by atoms with Crippen molar-refractivity contribution in [3.05, 3.63) is 52.5 Å². The van der Waals surface area contributed by atoms with Crippen molar-refractivity contribution < 1.29 is 28.6 Å². The lowest BCUT2D eigenvalue weighted by Gasteiger charge is -2.29. The molecule has 2 heterocycles. The van der Waals surface area contributed by atoms with Crippen LogP contribution in [0.5, 0.6) is 11.5 Å². The van der Waals surface area contributed by atoms with E-state index < -0.39 is 24.1 Å². The van der Waals surface area contributed by atoms with Crippen LogP contribution in [0.15, 0.2) is 36.4 Å². The number of nitrogens with zero attached hydrogens (tertiary/aromatic N) is 1. The van der Waals surface area contributed by atoms with Crippen LogP contribution in [0.1, 0.15) is 35.0 Å². The summed E-state index contributed by atoms with van der Waals surface area (Å²) >= 11 is 6.12. The van der Waals surface area contributed by atoms with Crippen LogP contribution in [0.4, 0.5) is 5.69 Å². The van der Waals surface area contributed by atoms with E-state index in [2.05, 4.69) is 5.32 Å². The monoisotopic (exact) mass is 430 g/mol. The summed E-state index contributed by atoms with van der Waals surface area (Å²) in [6.45, 7) is 0. The van der Waals surface area contributed by atoms with E-state index in [-0.39, 0.29) is 23.6 Å². The zero-order chi connectivity index (χ0) is 21.4. The number of rotatable bonds is 5. The summed E-state index contributed by atoms with van der Waals surface area (Å²) in [5, 5.41) is 3.14. The average molecular weight is 431 g/mol. The van der Waals surface area contributed by atoms with Crippen molar-refractivity contribution in [1.29, 1.82) is 0 Å². The number of methoxy groups -OCH3 is 2. The summed E-state index contributed by atoms with van der Waals surface area (Å²) < 4.78 is 16.1. The highest BCUT2D eigenvalue weighted by atomic mass is 35.5. The molecule has 1 N–H and O–H groups in total. The highest BCUT2D eigenvalue weighted by Gasteiger charge is 2.47. The molecule has 9 heteroatoms. The second-order valence-corrected chi connectivity index (χ2v) is 7.25. The molecule has 2 aliphatic rings. The van der Waals surface area contributed by atoms with Crippen molar-refractivity contribution in [1.82, 2.24) is 4.90 Å². The number of esters is 1. The molecule has 2 aromatic carbocycles. The molecule has 0 aliphatic carbocycles. The SMILES string of the molecule is COc1ccc2c(c1OC)C(=O)OC2N1C(=O)CC[C@H]1C(=O)Nc1ccccc1Cl. The standard InChI is InChI=1S/C21H19ClN2O6/c1-28-15-9-7-11-17(18(15)29-2)21(27)30-20(11)24-14(8-10-16(24)25)19(26)23-13-6-4-3-5-12(13)22/h3-7,9,14,20H,8,10H2,1-2H3,(H,23,26)/t14-,20?/m0/s1. The predicted molar refractivity (Wildman–Crippen MR) is 108 cm³/mol. The van der Waals surface area contributed by atoms with Gasteiger partial charge >= 0.3 is 5.97 Å². The maximum absolute atomic E-state index is 12.9. The Balaban J connectivity index is 1.67. The third-order valence-electron chi connectivity index (χ3n) is 5.21. The number of halogens is 1. The Hall–Kier alpha value is -3.26. The van der Waals surface area contributed by atoms with Crippen molar-refractivity contribution in [2.24, 2.45) is 0 Å². The molecule has 4 rings (SSSR count). The number of fused-ring (bicyclic) bond motifs is 1. The van der Waals surface area contributed by atoms with Crippen molar-refractivity contribution in [3.63, 3.8) is 0 Å². The first kappa shape index (κ1) is 20.0. The topological polar surface area (TPSA) is 94.2 Å². The number of ether oxygens (including phenoxy) is 3. The maximum Gasteiger partial charge on any atom is 0.344 e. The molecule has 156 valence electrons. The lowest BCUT2D eigenvalue weighted by Crippen LogP contribution is -2.43. The Labute approximate surface area is 177 Å².